The SMILES string of the molecule is CCCCCC(O)CCC1C(O)CC2Cc3c(cccc3OCC(=O)N(C)CC(=O)OC)CC21. The molecule has 2 aliphatic carbocycles. The van der Waals surface area contributed by atoms with Crippen molar-refractivity contribution in [1.29, 1.82) is 0 Å². The van der Waals surface area contributed by atoms with E-state index in [1.54, 1.807) is 7.05 Å². The van der Waals surface area contributed by atoms with Crippen LogP contribution >= 0.6 is 0 Å². The van der Waals surface area contributed by atoms with Crippen molar-refractivity contribution >= 4 is 11.9 Å². The molecule has 3 rings (SSSR count). The number of carbonyl (C=O) groups is 2. The largest absolute Gasteiger partial charge is 0.483 e. The Bertz CT molecular complexity index is 827. The van der Waals surface area contributed by atoms with E-state index in [0.717, 1.165) is 63.4 Å². The molecule has 7 nitrogen and oxygen atoms in total. The molecule has 1 aromatic carbocycles. The topological polar surface area (TPSA) is 96.3 Å². The maximum atomic E-state index is 12.4. The van der Waals surface area contributed by atoms with Gasteiger partial charge in [0.1, 0.15) is 12.3 Å². The van der Waals surface area contributed by atoms with Crippen LogP contribution in [0.1, 0.15) is 63.0 Å². The first-order valence-corrected chi connectivity index (χ1v) is 12.7. The van der Waals surface area contributed by atoms with Gasteiger partial charge in [-0.1, -0.05) is 38.3 Å². The number of amides is 1. The number of likely N-dealkylation sites (N-methyl/N-ethyl adjacent to an activating group) is 1. The number of carbonyl (C=O) groups excluding carboxylic acids is 2. The number of aliphatic hydroxyl groups excluding tert-OH is 2. The number of nitrogens with zero attached hydrogens (tertiary/aromatic N) is 1. The zero-order valence-corrected chi connectivity index (χ0v) is 20.9. The predicted molar refractivity (Wildman–Crippen MR) is 129 cm³/mol. The summed E-state index contributed by atoms with van der Waals surface area (Å²) in [4.78, 5) is 25.1. The first kappa shape index (κ1) is 26.5. The number of unbranched alkanes of at least 4 members (excludes halogenated alkanes) is 2. The molecule has 0 bridgehead atoms. The number of ether oxygens (including phenoxy) is 2. The predicted octanol–water partition coefficient (Wildman–Crippen LogP) is 3.13. The fourth-order valence-corrected chi connectivity index (χ4v) is 5.69. The van der Waals surface area contributed by atoms with E-state index < -0.39 is 5.97 Å². The number of rotatable bonds is 12. The van der Waals surface area contributed by atoms with Crippen molar-refractivity contribution in [3.8, 4) is 5.75 Å². The molecule has 0 spiro atoms. The number of methoxy groups -OCH3 is 1. The van der Waals surface area contributed by atoms with E-state index in [1.807, 2.05) is 12.1 Å². The van der Waals surface area contributed by atoms with E-state index in [0.29, 0.717) is 17.6 Å². The van der Waals surface area contributed by atoms with Gasteiger partial charge in [0.2, 0.25) is 0 Å². The molecule has 0 aromatic heterocycles. The second kappa shape index (κ2) is 12.5. The van der Waals surface area contributed by atoms with Gasteiger partial charge < -0.3 is 24.6 Å². The Morgan fingerprint density at radius 2 is 2.00 bits per heavy atom. The van der Waals surface area contributed by atoms with Gasteiger partial charge in [0, 0.05) is 7.05 Å². The highest BCUT2D eigenvalue weighted by atomic mass is 16.5. The van der Waals surface area contributed by atoms with Gasteiger partial charge in [-0.05, 0) is 73.5 Å². The van der Waals surface area contributed by atoms with Crippen LogP contribution < -0.4 is 4.74 Å². The van der Waals surface area contributed by atoms with E-state index in [9.17, 15) is 19.8 Å². The van der Waals surface area contributed by atoms with Crippen molar-refractivity contribution < 1.29 is 29.3 Å². The van der Waals surface area contributed by atoms with Gasteiger partial charge in [0.25, 0.3) is 5.91 Å². The van der Waals surface area contributed by atoms with Crippen LogP contribution in [0.3, 0.4) is 0 Å². The summed E-state index contributed by atoms with van der Waals surface area (Å²) in [6.07, 6.45) is 7.73. The quantitative estimate of drug-likeness (QED) is 0.356. The van der Waals surface area contributed by atoms with Gasteiger partial charge in [0.15, 0.2) is 6.61 Å². The Balaban J connectivity index is 1.59. The second-order valence-corrected chi connectivity index (χ2v) is 10.0. The molecule has 1 aromatic rings. The summed E-state index contributed by atoms with van der Waals surface area (Å²) in [6, 6.07) is 5.96. The molecule has 190 valence electrons. The van der Waals surface area contributed by atoms with Gasteiger partial charge in [-0.3, -0.25) is 9.59 Å². The normalized spacial score (nSPS) is 24.1. The van der Waals surface area contributed by atoms with E-state index in [4.69, 9.17) is 4.74 Å². The third-order valence-electron chi connectivity index (χ3n) is 7.69. The lowest BCUT2D eigenvalue weighted by Gasteiger charge is -2.32. The van der Waals surface area contributed by atoms with Gasteiger partial charge >= 0.3 is 5.97 Å². The lowest BCUT2D eigenvalue weighted by atomic mass is 9.73. The molecule has 1 fully saturated rings. The average molecular weight is 476 g/mol. The highest BCUT2D eigenvalue weighted by Crippen LogP contribution is 2.48. The van der Waals surface area contributed by atoms with E-state index >= 15 is 0 Å². The van der Waals surface area contributed by atoms with Crippen molar-refractivity contribution in [2.24, 2.45) is 17.8 Å². The standard InChI is InChI=1S/C27H41NO6/c1-4-5-6-9-20(29)11-12-21-22-13-18-8-7-10-25(23(18)14-19(22)15-24(21)30)34-17-26(31)28(2)16-27(32)33-3/h7-8,10,19-22,24,29-30H,4-6,9,11-17H2,1-3H3. The summed E-state index contributed by atoms with van der Waals surface area (Å²) in [5.74, 6) is 0.963. The number of hydrogen-bond donors (Lipinski definition) is 2. The molecule has 0 aliphatic heterocycles. The van der Waals surface area contributed by atoms with Crippen LogP contribution in [-0.2, 0) is 27.2 Å². The monoisotopic (exact) mass is 475 g/mol. The highest BCUT2D eigenvalue weighted by Gasteiger charge is 2.44. The molecule has 5 unspecified atom stereocenters. The number of benzene rings is 1. The lowest BCUT2D eigenvalue weighted by Crippen LogP contribution is -2.36. The van der Waals surface area contributed by atoms with E-state index in [1.165, 1.54) is 17.6 Å². The highest BCUT2D eigenvalue weighted by molar-refractivity contribution is 5.82. The first-order valence-electron chi connectivity index (χ1n) is 12.7. The molecule has 1 saturated carbocycles. The fraction of sp³-hybridized carbons (Fsp3) is 0.704. The lowest BCUT2D eigenvalue weighted by molar-refractivity contribution is -0.146. The van der Waals surface area contributed by atoms with Gasteiger partial charge in [-0.2, -0.15) is 0 Å². The Morgan fingerprint density at radius 1 is 1.21 bits per heavy atom. The molecule has 7 heteroatoms. The Labute approximate surface area is 203 Å². The van der Waals surface area contributed by atoms with Crippen molar-refractivity contribution in [1.82, 2.24) is 4.90 Å². The average Bonchev–Trinajstić information content (AvgIpc) is 3.13. The summed E-state index contributed by atoms with van der Waals surface area (Å²) in [5.41, 5.74) is 2.34. The Hall–Kier alpha value is -2.12. The maximum Gasteiger partial charge on any atom is 0.325 e. The molecule has 2 aliphatic rings. The summed E-state index contributed by atoms with van der Waals surface area (Å²) in [5, 5.41) is 21.2. The van der Waals surface area contributed by atoms with E-state index in [-0.39, 0.29) is 37.2 Å². The summed E-state index contributed by atoms with van der Waals surface area (Å²) < 4.78 is 10.5. The second-order valence-electron chi connectivity index (χ2n) is 10.0. The molecule has 0 saturated heterocycles. The van der Waals surface area contributed by atoms with Crippen LogP contribution in [0.2, 0.25) is 0 Å². The fourth-order valence-electron chi connectivity index (χ4n) is 5.69. The smallest absolute Gasteiger partial charge is 0.325 e. The molecule has 1 amide bonds. The maximum absolute atomic E-state index is 12.4. The summed E-state index contributed by atoms with van der Waals surface area (Å²) in [7, 11) is 2.84. The minimum Gasteiger partial charge on any atom is -0.483 e. The molecular formula is C27H41NO6. The molecular weight excluding hydrogens is 434 g/mol. The zero-order chi connectivity index (χ0) is 24.7. The summed E-state index contributed by atoms with van der Waals surface area (Å²) >= 11 is 0. The molecule has 0 radical (unpaired) electrons. The van der Waals surface area contributed by atoms with Crippen LogP contribution in [0.4, 0.5) is 0 Å². The molecule has 34 heavy (non-hydrogen) atoms. The third-order valence-corrected chi connectivity index (χ3v) is 7.69. The van der Waals surface area contributed by atoms with Crippen LogP contribution in [-0.4, -0.2) is 66.5 Å². The minimum atomic E-state index is -0.471. The number of esters is 1. The van der Waals surface area contributed by atoms with Gasteiger partial charge in [0.05, 0.1) is 19.3 Å². The molecule has 2 N–H and O–H groups in total. The third kappa shape index (κ3) is 6.72. The van der Waals surface area contributed by atoms with Gasteiger partial charge in [-0.25, -0.2) is 0 Å². The van der Waals surface area contributed by atoms with Crippen LogP contribution in [0.15, 0.2) is 18.2 Å². The van der Waals surface area contributed by atoms with Crippen LogP contribution in [0.5, 0.6) is 5.75 Å². The van der Waals surface area contributed by atoms with E-state index in [2.05, 4.69) is 17.7 Å². The van der Waals surface area contributed by atoms with Crippen molar-refractivity contribution in [2.75, 3.05) is 27.3 Å². The Kier molecular flexibility index (Phi) is 9.77. The van der Waals surface area contributed by atoms with Crippen LogP contribution in [0.25, 0.3) is 0 Å². The van der Waals surface area contributed by atoms with Crippen molar-refractivity contribution in [3.63, 3.8) is 0 Å². The minimum absolute atomic E-state index is 0.109. The number of hydrogen-bond acceptors (Lipinski definition) is 6. The molecule has 0 heterocycles. The van der Waals surface area contributed by atoms with Gasteiger partial charge in [-0.15, -0.1) is 0 Å². The zero-order valence-electron chi connectivity index (χ0n) is 20.9. The summed E-state index contributed by atoms with van der Waals surface area (Å²) in [6.45, 7) is 1.92. The van der Waals surface area contributed by atoms with Crippen molar-refractivity contribution in [3.05, 3.63) is 29.3 Å². The first-order chi connectivity index (χ1) is 16.3. The Morgan fingerprint density at radius 3 is 2.74 bits per heavy atom. The number of aliphatic hydroxyl groups is 2. The molecule has 5 atom stereocenters. The number of fused-ring (bicyclic) bond motifs is 2. The van der Waals surface area contributed by atoms with Crippen LogP contribution in [0, 0.1) is 17.8 Å². The van der Waals surface area contributed by atoms with Crippen molar-refractivity contribution in [2.45, 2.75) is 76.9 Å².